The Morgan fingerprint density at radius 1 is 1.50 bits per heavy atom. The van der Waals surface area contributed by atoms with Crippen LogP contribution in [0.5, 0.6) is 0 Å². The molecular formula is C12H12BrN3OS. The van der Waals surface area contributed by atoms with Gasteiger partial charge in [0.15, 0.2) is 0 Å². The predicted molar refractivity (Wildman–Crippen MR) is 74.7 cm³/mol. The van der Waals surface area contributed by atoms with Crippen LogP contribution in [-0.2, 0) is 0 Å². The minimum atomic E-state index is -0.143. The van der Waals surface area contributed by atoms with Gasteiger partial charge in [0, 0.05) is 17.3 Å². The molecule has 2 heterocycles. The molecule has 4 nitrogen and oxygen atoms in total. The molecule has 1 N–H and O–H groups in total. The number of hydrogen-bond donors (Lipinski definition) is 1. The monoisotopic (exact) mass is 325 g/mol. The lowest BCUT2D eigenvalue weighted by Gasteiger charge is -2.10. The molecule has 18 heavy (non-hydrogen) atoms. The van der Waals surface area contributed by atoms with Crippen molar-refractivity contribution in [2.24, 2.45) is 0 Å². The van der Waals surface area contributed by atoms with Crippen LogP contribution in [0.2, 0.25) is 0 Å². The number of amides is 1. The largest absolute Gasteiger partial charge is 0.343 e. The first kappa shape index (κ1) is 13.2. The molecule has 0 fully saturated rings. The Labute approximate surface area is 118 Å². The Morgan fingerprint density at radius 3 is 2.83 bits per heavy atom. The van der Waals surface area contributed by atoms with Crippen molar-refractivity contribution >= 4 is 33.2 Å². The molecule has 0 aliphatic heterocycles. The quantitative estimate of drug-likeness (QED) is 0.882. The summed E-state index contributed by atoms with van der Waals surface area (Å²) in [7, 11) is 0. The first-order valence-corrected chi connectivity index (χ1v) is 7.08. The molecule has 0 radical (unpaired) electrons. The second-order valence-electron chi connectivity index (χ2n) is 3.89. The molecule has 2 aromatic rings. The van der Waals surface area contributed by atoms with Gasteiger partial charge in [0.1, 0.15) is 9.61 Å². The van der Waals surface area contributed by atoms with Gasteiger partial charge < -0.3 is 5.32 Å². The third kappa shape index (κ3) is 3.14. The normalized spacial score (nSPS) is 12.2. The lowest BCUT2D eigenvalue weighted by Crippen LogP contribution is -2.26. The third-order valence-electron chi connectivity index (χ3n) is 2.34. The number of carbonyl (C=O) groups excluding carboxylic acids is 1. The van der Waals surface area contributed by atoms with Crippen LogP contribution in [0.4, 0.5) is 0 Å². The van der Waals surface area contributed by atoms with Crippen LogP contribution in [0.15, 0.2) is 28.3 Å². The number of pyridine rings is 1. The molecule has 0 aliphatic carbocycles. The Morgan fingerprint density at radius 2 is 2.28 bits per heavy atom. The van der Waals surface area contributed by atoms with Crippen LogP contribution in [0.25, 0.3) is 0 Å². The van der Waals surface area contributed by atoms with E-state index >= 15 is 0 Å². The fourth-order valence-electron chi connectivity index (χ4n) is 1.42. The topological polar surface area (TPSA) is 54.9 Å². The maximum atomic E-state index is 12.0. The van der Waals surface area contributed by atoms with E-state index in [-0.39, 0.29) is 11.9 Å². The maximum Gasteiger partial charge on any atom is 0.253 e. The number of thiazole rings is 1. The highest BCUT2D eigenvalue weighted by Crippen LogP contribution is 2.18. The number of hydrogen-bond acceptors (Lipinski definition) is 4. The lowest BCUT2D eigenvalue weighted by atomic mass is 10.2. The van der Waals surface area contributed by atoms with E-state index in [0.29, 0.717) is 10.2 Å². The van der Waals surface area contributed by atoms with Gasteiger partial charge in [0.2, 0.25) is 0 Å². The molecule has 1 amide bonds. The number of halogens is 1. The number of nitrogens with one attached hydrogen (secondary N) is 1. The number of nitrogens with zero attached hydrogens (tertiary/aromatic N) is 2. The molecule has 1 unspecified atom stereocenters. The molecule has 0 saturated heterocycles. The number of carbonyl (C=O) groups is 1. The van der Waals surface area contributed by atoms with Gasteiger partial charge in [-0.2, -0.15) is 0 Å². The van der Waals surface area contributed by atoms with E-state index in [0.717, 1.165) is 10.7 Å². The van der Waals surface area contributed by atoms with Gasteiger partial charge in [-0.3, -0.25) is 4.79 Å². The summed E-state index contributed by atoms with van der Waals surface area (Å²) in [5.74, 6) is -0.143. The Balaban J connectivity index is 2.05. The molecule has 0 spiro atoms. The smallest absolute Gasteiger partial charge is 0.253 e. The maximum absolute atomic E-state index is 12.0. The summed E-state index contributed by atoms with van der Waals surface area (Å²) in [6, 6.07) is 3.37. The lowest BCUT2D eigenvalue weighted by molar-refractivity contribution is 0.0939. The zero-order valence-electron chi connectivity index (χ0n) is 9.98. The van der Waals surface area contributed by atoms with E-state index in [1.54, 1.807) is 29.7 Å². The number of aromatic nitrogens is 2. The van der Waals surface area contributed by atoms with E-state index in [1.807, 2.05) is 19.2 Å². The van der Waals surface area contributed by atoms with Crippen molar-refractivity contribution in [3.63, 3.8) is 0 Å². The molecule has 1 atom stereocenters. The van der Waals surface area contributed by atoms with Gasteiger partial charge in [0.05, 0.1) is 11.6 Å². The minimum Gasteiger partial charge on any atom is -0.343 e. The molecule has 6 heteroatoms. The molecular weight excluding hydrogens is 314 g/mol. The standard InChI is InChI=1S/C12H12BrN3OS/c1-7-6-18-12(15-7)8(2)16-11(17)9-3-4-10(13)14-5-9/h3-6,8H,1-2H3,(H,16,17). The summed E-state index contributed by atoms with van der Waals surface area (Å²) < 4.78 is 0.711. The van der Waals surface area contributed by atoms with E-state index in [4.69, 9.17) is 0 Å². The highest BCUT2D eigenvalue weighted by molar-refractivity contribution is 9.10. The van der Waals surface area contributed by atoms with Crippen LogP contribution in [0.1, 0.15) is 34.0 Å². The summed E-state index contributed by atoms with van der Waals surface area (Å²) in [5.41, 5.74) is 1.51. The van der Waals surface area contributed by atoms with Gasteiger partial charge in [-0.15, -0.1) is 11.3 Å². The van der Waals surface area contributed by atoms with Crippen LogP contribution < -0.4 is 5.32 Å². The summed E-state index contributed by atoms with van der Waals surface area (Å²) >= 11 is 4.78. The fourth-order valence-corrected chi connectivity index (χ4v) is 2.46. The van der Waals surface area contributed by atoms with E-state index in [9.17, 15) is 4.79 Å². The highest BCUT2D eigenvalue weighted by Gasteiger charge is 2.14. The Hall–Kier alpha value is -1.27. The third-order valence-corrected chi connectivity index (χ3v) is 3.96. The van der Waals surface area contributed by atoms with Crippen LogP contribution in [0.3, 0.4) is 0 Å². The average molecular weight is 326 g/mol. The van der Waals surface area contributed by atoms with Crippen molar-refractivity contribution in [1.29, 1.82) is 0 Å². The summed E-state index contributed by atoms with van der Waals surface area (Å²) in [6.07, 6.45) is 1.54. The molecule has 0 aliphatic rings. The van der Waals surface area contributed by atoms with E-state index < -0.39 is 0 Å². The highest BCUT2D eigenvalue weighted by atomic mass is 79.9. The summed E-state index contributed by atoms with van der Waals surface area (Å²) in [6.45, 7) is 3.86. The van der Waals surface area contributed by atoms with Crippen molar-refractivity contribution in [3.8, 4) is 0 Å². The second kappa shape index (κ2) is 5.58. The molecule has 0 aromatic carbocycles. The van der Waals surface area contributed by atoms with Gasteiger partial charge in [-0.25, -0.2) is 9.97 Å². The first-order valence-electron chi connectivity index (χ1n) is 5.40. The first-order chi connectivity index (χ1) is 8.56. The Kier molecular flexibility index (Phi) is 4.08. The predicted octanol–water partition coefficient (Wildman–Crippen LogP) is 3.10. The van der Waals surface area contributed by atoms with Gasteiger partial charge in [0.25, 0.3) is 5.91 Å². The van der Waals surface area contributed by atoms with E-state index in [2.05, 4.69) is 31.2 Å². The van der Waals surface area contributed by atoms with Gasteiger partial charge in [-0.1, -0.05) is 0 Å². The van der Waals surface area contributed by atoms with Crippen molar-refractivity contribution in [2.45, 2.75) is 19.9 Å². The van der Waals surface area contributed by atoms with Gasteiger partial charge >= 0.3 is 0 Å². The average Bonchev–Trinajstić information content (AvgIpc) is 2.76. The second-order valence-corrected chi connectivity index (χ2v) is 5.59. The molecule has 2 rings (SSSR count). The van der Waals surface area contributed by atoms with E-state index in [1.165, 1.54) is 0 Å². The molecule has 94 valence electrons. The van der Waals surface area contributed by atoms with Crippen LogP contribution in [-0.4, -0.2) is 15.9 Å². The zero-order valence-corrected chi connectivity index (χ0v) is 12.4. The van der Waals surface area contributed by atoms with Crippen molar-refractivity contribution in [3.05, 3.63) is 44.6 Å². The van der Waals surface area contributed by atoms with Crippen molar-refractivity contribution < 1.29 is 4.79 Å². The Bertz CT molecular complexity index is 553. The minimum absolute atomic E-state index is 0.0974. The van der Waals surface area contributed by atoms with Crippen molar-refractivity contribution in [1.82, 2.24) is 15.3 Å². The number of rotatable bonds is 3. The number of aryl methyl sites for hydroxylation is 1. The SMILES string of the molecule is Cc1csc(C(C)NC(=O)c2ccc(Br)nc2)n1. The molecule has 0 saturated carbocycles. The zero-order chi connectivity index (χ0) is 13.1. The van der Waals surface area contributed by atoms with Crippen molar-refractivity contribution in [2.75, 3.05) is 0 Å². The fraction of sp³-hybridized carbons (Fsp3) is 0.250. The van der Waals surface area contributed by atoms with Crippen LogP contribution >= 0.6 is 27.3 Å². The molecule has 0 bridgehead atoms. The van der Waals surface area contributed by atoms with Crippen LogP contribution in [0, 0.1) is 6.92 Å². The summed E-state index contributed by atoms with van der Waals surface area (Å²) in [5, 5.41) is 5.78. The molecule has 2 aromatic heterocycles. The summed E-state index contributed by atoms with van der Waals surface area (Å²) in [4.78, 5) is 20.3. The van der Waals surface area contributed by atoms with Gasteiger partial charge in [-0.05, 0) is 41.9 Å².